The van der Waals surface area contributed by atoms with Crippen molar-refractivity contribution in [2.45, 2.75) is 25.8 Å². The normalized spacial score (nSPS) is 11.7. The van der Waals surface area contributed by atoms with Crippen LogP contribution in [0, 0.1) is 23.0 Å². The van der Waals surface area contributed by atoms with E-state index in [-0.39, 0.29) is 0 Å². The summed E-state index contributed by atoms with van der Waals surface area (Å²) in [5, 5.41) is 10.7. The van der Waals surface area contributed by atoms with Crippen LogP contribution in [0.1, 0.15) is 30.1 Å². The zero-order valence-corrected chi connectivity index (χ0v) is 10.4. The number of nitrogens with zero attached hydrogens (tertiary/aromatic N) is 1. The lowest BCUT2D eigenvalue weighted by molar-refractivity contribution is 0.0939. The SMILES string of the molecule is CCCC(C#N)NC(=O)c1cc(F)c(Cl)cc1F. The molecule has 0 bridgehead atoms. The van der Waals surface area contributed by atoms with E-state index in [1.165, 1.54) is 0 Å². The Hall–Kier alpha value is -1.67. The van der Waals surface area contributed by atoms with Crippen LogP contribution in [0.25, 0.3) is 0 Å². The Kier molecular flexibility index (Phi) is 5.05. The summed E-state index contributed by atoms with van der Waals surface area (Å²) >= 11 is 5.37. The van der Waals surface area contributed by atoms with Crippen molar-refractivity contribution in [3.8, 4) is 6.07 Å². The van der Waals surface area contributed by atoms with Gasteiger partial charge in [-0.3, -0.25) is 4.79 Å². The number of carbonyl (C=O) groups excluding carboxylic acids is 1. The molecule has 0 heterocycles. The predicted octanol–water partition coefficient (Wildman–Crippen LogP) is 3.04. The highest BCUT2D eigenvalue weighted by Crippen LogP contribution is 2.19. The molecular weight excluding hydrogens is 262 g/mol. The summed E-state index contributed by atoms with van der Waals surface area (Å²) in [6.45, 7) is 1.85. The number of hydrogen-bond acceptors (Lipinski definition) is 2. The van der Waals surface area contributed by atoms with Gasteiger partial charge in [-0.1, -0.05) is 24.9 Å². The van der Waals surface area contributed by atoms with Crippen molar-refractivity contribution in [1.82, 2.24) is 5.32 Å². The first kappa shape index (κ1) is 14.4. The van der Waals surface area contributed by atoms with Gasteiger partial charge in [-0.2, -0.15) is 5.26 Å². The van der Waals surface area contributed by atoms with Gasteiger partial charge in [0.15, 0.2) is 0 Å². The molecule has 0 aliphatic rings. The van der Waals surface area contributed by atoms with E-state index >= 15 is 0 Å². The molecule has 3 nitrogen and oxygen atoms in total. The molecule has 1 aromatic rings. The maximum Gasteiger partial charge on any atom is 0.255 e. The van der Waals surface area contributed by atoms with Gasteiger partial charge >= 0.3 is 0 Å². The van der Waals surface area contributed by atoms with Crippen molar-refractivity contribution in [3.63, 3.8) is 0 Å². The minimum absolute atomic E-state index is 0.394. The quantitative estimate of drug-likeness (QED) is 0.857. The van der Waals surface area contributed by atoms with Crippen LogP contribution in [0.2, 0.25) is 5.02 Å². The van der Waals surface area contributed by atoms with E-state index < -0.39 is 34.2 Å². The van der Waals surface area contributed by atoms with Crippen LogP contribution < -0.4 is 5.32 Å². The third-order valence-electron chi connectivity index (χ3n) is 2.29. The summed E-state index contributed by atoms with van der Waals surface area (Å²) in [7, 11) is 0. The van der Waals surface area contributed by atoms with Gasteiger partial charge in [0.2, 0.25) is 0 Å². The van der Waals surface area contributed by atoms with Gasteiger partial charge in [0.1, 0.15) is 17.7 Å². The van der Waals surface area contributed by atoms with Gasteiger partial charge in [0.25, 0.3) is 5.91 Å². The molecule has 0 fully saturated rings. The summed E-state index contributed by atoms with van der Waals surface area (Å²) in [6.07, 6.45) is 1.13. The number of rotatable bonds is 4. The number of nitrogens with one attached hydrogen (secondary N) is 1. The van der Waals surface area contributed by atoms with Crippen molar-refractivity contribution < 1.29 is 13.6 Å². The fourth-order valence-corrected chi connectivity index (χ4v) is 1.54. The second-order valence-corrected chi connectivity index (χ2v) is 4.10. The standard InChI is InChI=1S/C12H11ClF2N2O/c1-2-3-7(6-16)17-12(18)8-4-11(15)9(13)5-10(8)14/h4-5,7H,2-3H2,1H3,(H,17,18). The van der Waals surface area contributed by atoms with E-state index in [2.05, 4.69) is 5.32 Å². The molecule has 1 aromatic carbocycles. The Bertz CT molecular complexity index is 500. The number of nitriles is 1. The Labute approximate surface area is 108 Å². The molecule has 18 heavy (non-hydrogen) atoms. The molecule has 0 aliphatic carbocycles. The first-order chi connectivity index (χ1) is 8.49. The predicted molar refractivity (Wildman–Crippen MR) is 63.1 cm³/mol. The van der Waals surface area contributed by atoms with Gasteiger partial charge in [0, 0.05) is 0 Å². The van der Waals surface area contributed by atoms with Crippen molar-refractivity contribution in [2.75, 3.05) is 0 Å². The van der Waals surface area contributed by atoms with Crippen LogP contribution in [0.3, 0.4) is 0 Å². The molecule has 6 heteroatoms. The molecule has 1 amide bonds. The number of hydrogen-bond donors (Lipinski definition) is 1. The monoisotopic (exact) mass is 272 g/mol. The molecule has 0 aliphatic heterocycles. The van der Waals surface area contributed by atoms with Crippen molar-refractivity contribution in [3.05, 3.63) is 34.4 Å². The highest BCUT2D eigenvalue weighted by Gasteiger charge is 2.18. The van der Waals surface area contributed by atoms with Gasteiger partial charge < -0.3 is 5.32 Å². The van der Waals surface area contributed by atoms with E-state index in [9.17, 15) is 13.6 Å². The average molecular weight is 273 g/mol. The molecule has 0 saturated heterocycles. The van der Waals surface area contributed by atoms with Crippen LogP contribution in [0.4, 0.5) is 8.78 Å². The molecule has 0 radical (unpaired) electrons. The van der Waals surface area contributed by atoms with Crippen molar-refractivity contribution in [2.24, 2.45) is 0 Å². The van der Waals surface area contributed by atoms with Crippen LogP contribution >= 0.6 is 11.6 Å². The molecule has 0 aromatic heterocycles. The van der Waals surface area contributed by atoms with Crippen molar-refractivity contribution >= 4 is 17.5 Å². The van der Waals surface area contributed by atoms with Crippen molar-refractivity contribution in [1.29, 1.82) is 5.26 Å². The fourth-order valence-electron chi connectivity index (χ4n) is 1.39. The van der Waals surface area contributed by atoms with Crippen LogP contribution in [-0.4, -0.2) is 11.9 Å². The summed E-state index contributed by atoms with van der Waals surface area (Å²) in [5.74, 6) is -2.64. The average Bonchev–Trinajstić information content (AvgIpc) is 2.33. The maximum atomic E-state index is 13.4. The van der Waals surface area contributed by atoms with Gasteiger partial charge in [-0.15, -0.1) is 0 Å². The van der Waals surface area contributed by atoms with Crippen LogP contribution in [-0.2, 0) is 0 Å². The van der Waals surface area contributed by atoms with Gasteiger partial charge in [-0.05, 0) is 18.6 Å². The van der Waals surface area contributed by atoms with Crippen LogP contribution in [0.15, 0.2) is 12.1 Å². The Morgan fingerprint density at radius 3 is 2.72 bits per heavy atom. The van der Waals surface area contributed by atoms with E-state index in [4.69, 9.17) is 16.9 Å². The lowest BCUT2D eigenvalue weighted by Crippen LogP contribution is -2.34. The van der Waals surface area contributed by atoms with E-state index in [1.807, 2.05) is 13.0 Å². The maximum absolute atomic E-state index is 13.4. The Morgan fingerprint density at radius 2 is 2.17 bits per heavy atom. The molecule has 1 unspecified atom stereocenters. The number of halogens is 3. The third-order valence-corrected chi connectivity index (χ3v) is 2.58. The first-order valence-electron chi connectivity index (χ1n) is 5.34. The molecule has 1 atom stereocenters. The summed E-state index contributed by atoms with van der Waals surface area (Å²) < 4.78 is 26.6. The topological polar surface area (TPSA) is 52.9 Å². The first-order valence-corrected chi connectivity index (χ1v) is 5.72. The smallest absolute Gasteiger partial charge is 0.255 e. The lowest BCUT2D eigenvalue weighted by atomic mass is 10.1. The minimum atomic E-state index is -0.924. The highest BCUT2D eigenvalue weighted by molar-refractivity contribution is 6.30. The van der Waals surface area contributed by atoms with Gasteiger partial charge in [0.05, 0.1) is 16.7 Å². The summed E-state index contributed by atoms with van der Waals surface area (Å²) in [5.41, 5.74) is -0.465. The molecule has 0 saturated carbocycles. The number of benzene rings is 1. The Morgan fingerprint density at radius 1 is 1.50 bits per heavy atom. The zero-order valence-electron chi connectivity index (χ0n) is 9.64. The molecule has 96 valence electrons. The highest BCUT2D eigenvalue weighted by atomic mass is 35.5. The molecular formula is C12H11ClF2N2O. The van der Waals surface area contributed by atoms with E-state index in [0.29, 0.717) is 18.9 Å². The van der Waals surface area contributed by atoms with Crippen LogP contribution in [0.5, 0.6) is 0 Å². The zero-order chi connectivity index (χ0) is 13.7. The summed E-state index contributed by atoms with van der Waals surface area (Å²) in [4.78, 5) is 11.7. The Balaban J connectivity index is 2.91. The van der Waals surface area contributed by atoms with E-state index in [0.717, 1.165) is 6.07 Å². The summed E-state index contributed by atoms with van der Waals surface area (Å²) in [6, 6.07) is 2.60. The lowest BCUT2D eigenvalue weighted by Gasteiger charge is -2.11. The molecule has 1 N–H and O–H groups in total. The fraction of sp³-hybridized carbons (Fsp3) is 0.333. The van der Waals surface area contributed by atoms with E-state index in [1.54, 1.807) is 0 Å². The molecule has 1 rings (SSSR count). The number of carbonyl (C=O) groups is 1. The minimum Gasteiger partial charge on any atom is -0.336 e. The second-order valence-electron chi connectivity index (χ2n) is 3.69. The second kappa shape index (κ2) is 6.31. The number of amides is 1. The largest absolute Gasteiger partial charge is 0.336 e. The van der Waals surface area contributed by atoms with Gasteiger partial charge in [-0.25, -0.2) is 8.78 Å². The molecule has 0 spiro atoms. The third kappa shape index (κ3) is 3.41.